The molecule has 1 aromatic carbocycles. The van der Waals surface area contributed by atoms with Crippen molar-refractivity contribution in [1.29, 1.82) is 0 Å². The lowest BCUT2D eigenvalue weighted by molar-refractivity contribution is 0.0831. The van der Waals surface area contributed by atoms with Crippen molar-refractivity contribution < 1.29 is 18.7 Å². The summed E-state index contributed by atoms with van der Waals surface area (Å²) in [4.78, 5) is 27.4. The summed E-state index contributed by atoms with van der Waals surface area (Å²) < 4.78 is 19.9. The topological polar surface area (TPSA) is 61.9 Å². The van der Waals surface area contributed by atoms with Gasteiger partial charge in [0.2, 0.25) is 0 Å². The van der Waals surface area contributed by atoms with Gasteiger partial charge >= 0.3 is 6.03 Å². The van der Waals surface area contributed by atoms with Gasteiger partial charge in [-0.1, -0.05) is 0 Å². The number of carbonyl (C=O) groups is 2. The van der Waals surface area contributed by atoms with E-state index in [0.29, 0.717) is 37.4 Å². The minimum atomic E-state index is -0.400. The van der Waals surface area contributed by atoms with Crippen LogP contribution in [0.5, 0.6) is 0 Å². The number of hydrogen-bond donors (Lipinski definition) is 1. The number of ketones is 1. The fourth-order valence-corrected chi connectivity index (χ4v) is 3.51. The molecule has 2 atom stereocenters. The number of urea groups is 1. The van der Waals surface area contributed by atoms with Crippen molar-refractivity contribution in [3.8, 4) is 0 Å². The number of halogens is 1. The summed E-state index contributed by atoms with van der Waals surface area (Å²) in [5.74, 6) is -0.556. The zero-order chi connectivity index (χ0) is 18.7. The number of nitrogens with zero attached hydrogens (tertiary/aromatic N) is 2. The maximum Gasteiger partial charge on any atom is 0.317 e. The lowest BCUT2D eigenvalue weighted by Crippen LogP contribution is -2.54. The molecule has 3 rings (SSSR count). The molecule has 142 valence electrons. The molecule has 2 fully saturated rings. The molecule has 0 bridgehead atoms. The van der Waals surface area contributed by atoms with Gasteiger partial charge in [-0.25, -0.2) is 9.18 Å². The van der Waals surface area contributed by atoms with Gasteiger partial charge in [0, 0.05) is 38.3 Å². The van der Waals surface area contributed by atoms with Gasteiger partial charge in [-0.3, -0.25) is 4.79 Å². The molecule has 2 saturated heterocycles. The Morgan fingerprint density at radius 1 is 1.27 bits per heavy atom. The van der Waals surface area contributed by atoms with Gasteiger partial charge in [0.05, 0.1) is 17.8 Å². The average Bonchev–Trinajstić information content (AvgIpc) is 3.16. The molecule has 0 spiro atoms. The fourth-order valence-electron chi connectivity index (χ4n) is 3.51. The van der Waals surface area contributed by atoms with Crippen LogP contribution in [0.3, 0.4) is 0 Å². The molecular weight excluding hydrogens is 337 g/mol. The van der Waals surface area contributed by atoms with Gasteiger partial charge in [-0.05, 0) is 44.9 Å². The van der Waals surface area contributed by atoms with Crippen molar-refractivity contribution in [1.82, 2.24) is 10.2 Å². The van der Waals surface area contributed by atoms with Crippen LogP contribution in [0.4, 0.5) is 14.9 Å². The summed E-state index contributed by atoms with van der Waals surface area (Å²) in [7, 11) is 0. The number of carbonyl (C=O) groups excluding carboxylic acids is 2. The first-order valence-electron chi connectivity index (χ1n) is 9.18. The maximum absolute atomic E-state index is 14.3. The number of amides is 2. The van der Waals surface area contributed by atoms with E-state index in [-0.39, 0.29) is 24.0 Å². The second-order valence-corrected chi connectivity index (χ2v) is 6.99. The van der Waals surface area contributed by atoms with E-state index in [1.54, 1.807) is 17.0 Å². The van der Waals surface area contributed by atoms with Gasteiger partial charge in [0.1, 0.15) is 5.82 Å². The van der Waals surface area contributed by atoms with Crippen molar-refractivity contribution in [2.24, 2.45) is 0 Å². The number of hydrogen-bond acceptors (Lipinski definition) is 4. The minimum absolute atomic E-state index is 0.0143. The second-order valence-electron chi connectivity index (χ2n) is 6.99. The highest BCUT2D eigenvalue weighted by Gasteiger charge is 2.27. The summed E-state index contributed by atoms with van der Waals surface area (Å²) in [6, 6.07) is 4.45. The van der Waals surface area contributed by atoms with Crippen LogP contribution in [0, 0.1) is 5.82 Å². The number of benzene rings is 1. The maximum atomic E-state index is 14.3. The molecule has 2 heterocycles. The van der Waals surface area contributed by atoms with Gasteiger partial charge in [0.25, 0.3) is 0 Å². The van der Waals surface area contributed by atoms with Gasteiger partial charge in [-0.15, -0.1) is 0 Å². The summed E-state index contributed by atoms with van der Waals surface area (Å²) in [6.07, 6.45) is 2.11. The summed E-state index contributed by atoms with van der Waals surface area (Å²) in [5.41, 5.74) is 0.843. The van der Waals surface area contributed by atoms with E-state index in [2.05, 4.69) is 5.32 Å². The Balaban J connectivity index is 1.53. The van der Waals surface area contributed by atoms with Crippen LogP contribution in [0.15, 0.2) is 18.2 Å². The fraction of sp³-hybridized carbons (Fsp3) is 0.579. The molecule has 7 heteroatoms. The summed E-state index contributed by atoms with van der Waals surface area (Å²) in [6.45, 7) is 6.31. The molecule has 0 saturated carbocycles. The highest BCUT2D eigenvalue weighted by molar-refractivity contribution is 5.94. The van der Waals surface area contributed by atoms with Crippen molar-refractivity contribution in [3.63, 3.8) is 0 Å². The Hall–Kier alpha value is -2.15. The normalized spacial score (nSPS) is 21.6. The highest BCUT2D eigenvalue weighted by atomic mass is 19.1. The molecule has 6 nitrogen and oxygen atoms in total. The van der Waals surface area contributed by atoms with E-state index in [1.807, 2.05) is 11.8 Å². The number of piperazine rings is 1. The average molecular weight is 363 g/mol. The molecule has 2 amide bonds. The third-order valence-corrected chi connectivity index (χ3v) is 5.14. The van der Waals surface area contributed by atoms with E-state index in [1.165, 1.54) is 13.0 Å². The van der Waals surface area contributed by atoms with E-state index in [4.69, 9.17) is 4.74 Å². The lowest BCUT2D eigenvalue weighted by atomic mass is 10.1. The number of nitrogens with one attached hydrogen (secondary N) is 1. The Kier molecular flexibility index (Phi) is 5.76. The predicted octanol–water partition coefficient (Wildman–Crippen LogP) is 2.43. The number of ether oxygens (including phenoxy) is 1. The molecule has 0 aromatic heterocycles. The number of rotatable bonds is 4. The lowest BCUT2D eigenvalue weighted by Gasteiger charge is -2.37. The quantitative estimate of drug-likeness (QED) is 0.835. The first-order chi connectivity index (χ1) is 12.5. The molecular formula is C19H26FN3O3. The third-order valence-electron chi connectivity index (χ3n) is 5.14. The first-order valence-corrected chi connectivity index (χ1v) is 9.18. The highest BCUT2D eigenvalue weighted by Crippen LogP contribution is 2.22. The van der Waals surface area contributed by atoms with Crippen LogP contribution in [-0.2, 0) is 4.74 Å². The predicted molar refractivity (Wildman–Crippen MR) is 97.2 cm³/mol. The zero-order valence-corrected chi connectivity index (χ0v) is 15.3. The van der Waals surface area contributed by atoms with Crippen LogP contribution in [-0.4, -0.2) is 61.6 Å². The van der Waals surface area contributed by atoms with Gasteiger partial charge in [0.15, 0.2) is 5.78 Å². The van der Waals surface area contributed by atoms with Crippen molar-refractivity contribution in [2.45, 2.75) is 38.8 Å². The SMILES string of the molecule is CC(=O)c1ccc(N2CCN(C(=O)NC(C)C3CCCO3)CC2)c(F)c1. The minimum Gasteiger partial charge on any atom is -0.376 e. The van der Waals surface area contributed by atoms with Gasteiger partial charge < -0.3 is 19.9 Å². The Morgan fingerprint density at radius 2 is 2.00 bits per heavy atom. The Bertz CT molecular complexity index is 668. The largest absolute Gasteiger partial charge is 0.376 e. The molecule has 1 aromatic rings. The molecule has 0 radical (unpaired) electrons. The van der Waals surface area contributed by atoms with Crippen LogP contribution in [0.2, 0.25) is 0 Å². The second kappa shape index (κ2) is 8.03. The van der Waals surface area contributed by atoms with Crippen molar-refractivity contribution in [3.05, 3.63) is 29.6 Å². The third kappa shape index (κ3) is 4.15. The van der Waals surface area contributed by atoms with E-state index >= 15 is 0 Å². The van der Waals surface area contributed by atoms with E-state index in [0.717, 1.165) is 19.4 Å². The first kappa shape index (κ1) is 18.6. The Labute approximate surface area is 153 Å². The van der Waals surface area contributed by atoms with Gasteiger partial charge in [-0.2, -0.15) is 0 Å². The standard InChI is InChI=1S/C19H26FN3O3/c1-13(18-4-3-11-26-18)21-19(25)23-9-7-22(8-10-23)17-6-5-15(14(2)24)12-16(17)20/h5-6,12-13,18H,3-4,7-11H2,1-2H3,(H,21,25). The van der Waals surface area contributed by atoms with E-state index in [9.17, 15) is 14.0 Å². The monoisotopic (exact) mass is 363 g/mol. The van der Waals surface area contributed by atoms with E-state index < -0.39 is 5.82 Å². The molecule has 2 aliphatic rings. The molecule has 1 N–H and O–H groups in total. The van der Waals surface area contributed by atoms with Crippen molar-refractivity contribution >= 4 is 17.5 Å². The smallest absolute Gasteiger partial charge is 0.317 e. The zero-order valence-electron chi connectivity index (χ0n) is 15.3. The molecule has 0 aliphatic carbocycles. The van der Waals surface area contributed by atoms with Crippen LogP contribution in [0.1, 0.15) is 37.0 Å². The number of Topliss-reactive ketones (excluding diaryl/α,β-unsaturated/α-hetero) is 1. The Morgan fingerprint density at radius 3 is 2.58 bits per heavy atom. The van der Waals surface area contributed by atoms with Crippen LogP contribution in [0.25, 0.3) is 0 Å². The van der Waals surface area contributed by atoms with Crippen molar-refractivity contribution in [2.75, 3.05) is 37.7 Å². The summed E-state index contributed by atoms with van der Waals surface area (Å²) in [5, 5.41) is 3.01. The molecule has 26 heavy (non-hydrogen) atoms. The molecule has 2 unspecified atom stereocenters. The van der Waals surface area contributed by atoms with Crippen LogP contribution < -0.4 is 10.2 Å². The van der Waals surface area contributed by atoms with Crippen LogP contribution >= 0.6 is 0 Å². The molecule has 2 aliphatic heterocycles. The number of anilines is 1. The summed E-state index contributed by atoms with van der Waals surface area (Å²) >= 11 is 0.